The molecule has 1 aromatic carbocycles. The minimum atomic E-state index is -0.480. The average Bonchev–Trinajstić information content (AvgIpc) is 3.57. The van der Waals surface area contributed by atoms with Crippen LogP contribution in [0.25, 0.3) is 0 Å². The van der Waals surface area contributed by atoms with Crippen molar-refractivity contribution in [2.45, 2.75) is 25.2 Å². The van der Waals surface area contributed by atoms with Gasteiger partial charge in [0, 0.05) is 24.2 Å². The lowest BCUT2D eigenvalue weighted by Gasteiger charge is -2.35. The lowest BCUT2D eigenvalue weighted by molar-refractivity contribution is -0.139. The van der Waals surface area contributed by atoms with Crippen LogP contribution < -0.4 is 4.90 Å². The smallest absolute Gasteiger partial charge is 0.238 e. The summed E-state index contributed by atoms with van der Waals surface area (Å²) in [7, 11) is 0. The van der Waals surface area contributed by atoms with Gasteiger partial charge in [-0.2, -0.15) is 0 Å². The fraction of sp³-hybridized carbons (Fsp3) is 0.462. The third-order valence-electron chi connectivity index (χ3n) is 8.91. The Hall–Kier alpha value is -2.82. The first-order valence-electron chi connectivity index (χ1n) is 11.4. The monoisotopic (exact) mass is 413 g/mol. The molecule has 5 heteroatoms. The van der Waals surface area contributed by atoms with Crippen LogP contribution in [0.5, 0.6) is 0 Å². The molecule has 6 aliphatic rings. The van der Waals surface area contributed by atoms with Gasteiger partial charge in [-0.25, -0.2) is 0 Å². The van der Waals surface area contributed by atoms with Gasteiger partial charge in [0.1, 0.15) is 11.6 Å². The molecule has 4 fully saturated rings. The maximum Gasteiger partial charge on any atom is 0.238 e. The van der Waals surface area contributed by atoms with Crippen molar-refractivity contribution < 1.29 is 19.2 Å². The summed E-state index contributed by atoms with van der Waals surface area (Å²) in [5.41, 5.74) is 1.29. The fourth-order valence-electron chi connectivity index (χ4n) is 7.64. The Balaban J connectivity index is 1.22. The van der Waals surface area contributed by atoms with Crippen LogP contribution >= 0.6 is 0 Å². The summed E-state index contributed by atoms with van der Waals surface area (Å²) in [5, 5.41) is 0. The number of Topliss-reactive ketones (excluding diaryl/α,β-unsaturated/α-hetero) is 2. The van der Waals surface area contributed by atoms with Crippen LogP contribution in [0.2, 0.25) is 0 Å². The van der Waals surface area contributed by atoms with Crippen LogP contribution in [-0.4, -0.2) is 23.4 Å². The number of nitrogens with zero attached hydrogens (tertiary/aromatic N) is 1. The molecule has 9 unspecified atom stereocenters. The van der Waals surface area contributed by atoms with Crippen molar-refractivity contribution in [1.82, 2.24) is 0 Å². The van der Waals surface area contributed by atoms with E-state index in [1.54, 1.807) is 18.2 Å². The summed E-state index contributed by atoms with van der Waals surface area (Å²) >= 11 is 0. The number of hydrogen-bond donors (Lipinski definition) is 0. The molecular formula is C26H23NO4. The Morgan fingerprint density at radius 1 is 0.710 bits per heavy atom. The fourth-order valence-corrected chi connectivity index (χ4v) is 7.64. The van der Waals surface area contributed by atoms with Gasteiger partial charge in [-0.3, -0.25) is 24.1 Å². The summed E-state index contributed by atoms with van der Waals surface area (Å²) in [4.78, 5) is 54.0. The molecule has 156 valence electrons. The number of fused-ring (bicyclic) bond motifs is 10. The first kappa shape index (κ1) is 17.8. The van der Waals surface area contributed by atoms with E-state index in [0.29, 0.717) is 5.69 Å². The molecule has 5 nitrogen and oxygen atoms in total. The van der Waals surface area contributed by atoms with Crippen molar-refractivity contribution in [3.05, 3.63) is 54.1 Å². The van der Waals surface area contributed by atoms with Crippen molar-refractivity contribution in [2.75, 3.05) is 4.90 Å². The van der Waals surface area contributed by atoms with Gasteiger partial charge in [0.2, 0.25) is 11.8 Å². The molecule has 7 rings (SSSR count). The zero-order chi connectivity index (χ0) is 21.0. The quantitative estimate of drug-likeness (QED) is 0.552. The van der Waals surface area contributed by atoms with Crippen LogP contribution in [0.15, 0.2) is 48.6 Å². The molecule has 1 aromatic rings. The molecule has 4 bridgehead atoms. The average molecular weight is 413 g/mol. The molecule has 9 atom stereocenters. The molecule has 2 amide bonds. The predicted octanol–water partition coefficient (Wildman–Crippen LogP) is 3.06. The Morgan fingerprint density at radius 3 is 1.94 bits per heavy atom. The van der Waals surface area contributed by atoms with Crippen LogP contribution in [0, 0.1) is 47.3 Å². The number of ketones is 2. The van der Waals surface area contributed by atoms with Gasteiger partial charge in [0.25, 0.3) is 0 Å². The van der Waals surface area contributed by atoms with E-state index in [1.165, 1.54) is 4.90 Å². The highest BCUT2D eigenvalue weighted by Crippen LogP contribution is 2.55. The second-order valence-corrected chi connectivity index (χ2v) is 10.2. The predicted molar refractivity (Wildman–Crippen MR) is 112 cm³/mol. The number of carbonyl (C=O) groups excluding carboxylic acids is 4. The SMILES string of the molecule is O=C1CC(c2cccc(N3C(=O)C4C5C=CC(C5)C4C3=O)c2)C(=O)C2C3C=CC(C3)C12. The van der Waals surface area contributed by atoms with Crippen LogP contribution in [0.1, 0.15) is 30.7 Å². The Bertz CT molecular complexity index is 1100. The highest BCUT2D eigenvalue weighted by Gasteiger charge is 2.60. The molecule has 1 heterocycles. The van der Waals surface area contributed by atoms with Gasteiger partial charge in [0.15, 0.2) is 0 Å². The van der Waals surface area contributed by atoms with E-state index < -0.39 is 5.92 Å². The zero-order valence-electron chi connectivity index (χ0n) is 17.0. The lowest BCUT2D eigenvalue weighted by atomic mass is 9.66. The molecular weight excluding hydrogens is 390 g/mol. The van der Waals surface area contributed by atoms with Gasteiger partial charge in [-0.15, -0.1) is 0 Å². The van der Waals surface area contributed by atoms with Gasteiger partial charge in [0.05, 0.1) is 17.5 Å². The Labute approximate surface area is 180 Å². The number of hydrogen-bond acceptors (Lipinski definition) is 4. The summed E-state index contributed by atoms with van der Waals surface area (Å²) in [6.07, 6.45) is 10.4. The molecule has 3 saturated carbocycles. The first-order chi connectivity index (χ1) is 15.0. The van der Waals surface area contributed by atoms with Crippen LogP contribution in [0.3, 0.4) is 0 Å². The number of imide groups is 1. The van der Waals surface area contributed by atoms with Crippen molar-refractivity contribution in [2.24, 2.45) is 47.3 Å². The molecule has 5 aliphatic carbocycles. The zero-order valence-corrected chi connectivity index (χ0v) is 17.0. The number of carbonyl (C=O) groups is 4. The lowest BCUT2D eigenvalue weighted by Crippen LogP contribution is -2.42. The van der Waals surface area contributed by atoms with E-state index in [2.05, 4.69) is 24.3 Å². The van der Waals surface area contributed by atoms with Crippen LogP contribution in [-0.2, 0) is 19.2 Å². The van der Waals surface area contributed by atoms with E-state index in [0.717, 1.165) is 18.4 Å². The normalized spacial score (nSPS) is 44.0. The highest BCUT2D eigenvalue weighted by molar-refractivity contribution is 6.22. The van der Waals surface area contributed by atoms with Gasteiger partial charge >= 0.3 is 0 Å². The van der Waals surface area contributed by atoms with E-state index in [9.17, 15) is 19.2 Å². The van der Waals surface area contributed by atoms with Crippen molar-refractivity contribution in [1.29, 1.82) is 0 Å². The summed E-state index contributed by atoms with van der Waals surface area (Å²) in [6, 6.07) is 7.23. The van der Waals surface area contributed by atoms with Gasteiger partial charge in [-0.05, 0) is 54.2 Å². The van der Waals surface area contributed by atoms with E-state index in [4.69, 9.17) is 0 Å². The summed E-state index contributed by atoms with van der Waals surface area (Å²) < 4.78 is 0. The number of allylic oxidation sites excluding steroid dienone is 4. The molecule has 1 saturated heterocycles. The van der Waals surface area contributed by atoms with E-state index >= 15 is 0 Å². The Morgan fingerprint density at radius 2 is 1.29 bits per heavy atom. The van der Waals surface area contributed by atoms with Crippen molar-refractivity contribution in [3.8, 4) is 0 Å². The van der Waals surface area contributed by atoms with Crippen molar-refractivity contribution in [3.63, 3.8) is 0 Å². The van der Waals surface area contributed by atoms with Crippen molar-refractivity contribution >= 4 is 29.1 Å². The molecule has 0 aromatic heterocycles. The maximum atomic E-state index is 13.4. The highest BCUT2D eigenvalue weighted by atomic mass is 16.2. The molecule has 0 radical (unpaired) electrons. The standard InChI is InChI=1S/C26H23NO4/c28-19-11-18(24(29)21-14-5-4-13(8-14)20(19)21)12-2-1-3-17(10-12)27-25(30)22-15-6-7-16(9-15)23(22)26(27)31/h1-7,10,13-16,18,20-23H,8-9,11H2. The Kier molecular flexibility index (Phi) is 3.39. The minimum absolute atomic E-state index is 0.117. The molecule has 1 aliphatic heterocycles. The van der Waals surface area contributed by atoms with E-state index in [-0.39, 0.29) is 77.1 Å². The third kappa shape index (κ3) is 2.17. The molecule has 31 heavy (non-hydrogen) atoms. The largest absolute Gasteiger partial charge is 0.299 e. The number of anilines is 1. The third-order valence-corrected chi connectivity index (χ3v) is 8.91. The molecule has 0 spiro atoms. The molecule has 0 N–H and O–H groups in total. The second-order valence-electron chi connectivity index (χ2n) is 10.2. The second kappa shape index (κ2) is 5.90. The summed E-state index contributed by atoms with van der Waals surface area (Å²) in [5.74, 6) is -0.487. The topological polar surface area (TPSA) is 71.5 Å². The minimum Gasteiger partial charge on any atom is -0.299 e. The van der Waals surface area contributed by atoms with Gasteiger partial charge < -0.3 is 0 Å². The maximum absolute atomic E-state index is 13.4. The summed E-state index contributed by atoms with van der Waals surface area (Å²) in [6.45, 7) is 0. The first-order valence-corrected chi connectivity index (χ1v) is 11.4. The number of benzene rings is 1. The van der Waals surface area contributed by atoms with E-state index in [1.807, 2.05) is 6.07 Å². The number of amides is 2. The number of rotatable bonds is 2. The van der Waals surface area contributed by atoms with Crippen LogP contribution in [0.4, 0.5) is 5.69 Å². The van der Waals surface area contributed by atoms with Gasteiger partial charge in [-0.1, -0.05) is 36.4 Å².